The molecule has 1 aromatic rings. The minimum Gasteiger partial charge on any atom is -0.468 e. The first-order valence-corrected chi connectivity index (χ1v) is 8.08. The van der Waals surface area contributed by atoms with Crippen molar-refractivity contribution in [3.05, 3.63) is 24.3 Å². The maximum Gasteiger partial charge on any atom is 0.321 e. The van der Waals surface area contributed by atoms with E-state index in [1.165, 1.54) is 7.11 Å². The molecule has 0 radical (unpaired) electrons. The van der Waals surface area contributed by atoms with Crippen LogP contribution in [-0.4, -0.2) is 43.4 Å². The first-order chi connectivity index (χ1) is 9.95. The molecule has 0 spiro atoms. The van der Waals surface area contributed by atoms with Crippen molar-refractivity contribution in [1.82, 2.24) is 9.29 Å². The highest BCUT2D eigenvalue weighted by Gasteiger charge is 2.35. The molecule has 0 atom stereocenters. The number of hydrogen-bond donors (Lipinski definition) is 0. The molecule has 0 amide bonds. The van der Waals surface area contributed by atoms with Gasteiger partial charge in [-0.3, -0.25) is 9.78 Å². The molecule has 0 aromatic carbocycles. The predicted molar refractivity (Wildman–Crippen MR) is 72.4 cm³/mol. The van der Waals surface area contributed by atoms with Crippen molar-refractivity contribution in [1.29, 1.82) is 0 Å². The molecule has 0 unspecified atom stereocenters. The molecule has 1 fully saturated rings. The zero-order chi connectivity index (χ0) is 15.5. The molecule has 1 heterocycles. The van der Waals surface area contributed by atoms with Crippen LogP contribution in [0, 0.1) is 5.82 Å². The Kier molecular flexibility index (Phi) is 4.89. The second kappa shape index (κ2) is 6.48. The molecule has 21 heavy (non-hydrogen) atoms. The summed E-state index contributed by atoms with van der Waals surface area (Å²) in [6.45, 7) is -0.375. The van der Waals surface area contributed by atoms with Crippen molar-refractivity contribution in [2.75, 3.05) is 13.7 Å². The fraction of sp³-hybridized carbons (Fsp3) is 0.538. The van der Waals surface area contributed by atoms with Crippen LogP contribution in [0.1, 0.15) is 25.7 Å². The van der Waals surface area contributed by atoms with Gasteiger partial charge in [-0.1, -0.05) is 12.8 Å². The van der Waals surface area contributed by atoms with Crippen molar-refractivity contribution in [2.45, 2.75) is 36.6 Å². The molecule has 1 aromatic heterocycles. The Morgan fingerprint density at radius 2 is 2.10 bits per heavy atom. The third-order valence-electron chi connectivity index (χ3n) is 3.53. The normalized spacial score (nSPS) is 16.3. The number of nitrogens with zero attached hydrogens (tertiary/aromatic N) is 2. The Balaban J connectivity index is 2.36. The van der Waals surface area contributed by atoms with Gasteiger partial charge in [0.25, 0.3) is 0 Å². The summed E-state index contributed by atoms with van der Waals surface area (Å²) in [5.74, 6) is -1.38. The number of aromatic nitrogens is 1. The topological polar surface area (TPSA) is 76.6 Å². The van der Waals surface area contributed by atoms with Crippen LogP contribution in [0.3, 0.4) is 0 Å². The second-order valence-electron chi connectivity index (χ2n) is 4.90. The first-order valence-electron chi connectivity index (χ1n) is 6.64. The Bertz CT molecular complexity index is 614. The van der Waals surface area contributed by atoms with Gasteiger partial charge in [-0.05, 0) is 18.9 Å². The van der Waals surface area contributed by atoms with Gasteiger partial charge in [-0.2, -0.15) is 4.31 Å². The lowest BCUT2D eigenvalue weighted by molar-refractivity contribution is -0.141. The van der Waals surface area contributed by atoms with Crippen molar-refractivity contribution in [3.63, 3.8) is 0 Å². The Labute approximate surface area is 123 Å². The summed E-state index contributed by atoms with van der Waals surface area (Å²) in [6, 6.07) is 0.638. The lowest BCUT2D eigenvalue weighted by Crippen LogP contribution is -2.42. The van der Waals surface area contributed by atoms with Gasteiger partial charge in [0.15, 0.2) is 0 Å². The lowest BCUT2D eigenvalue weighted by Gasteiger charge is -2.26. The molecule has 1 aliphatic rings. The molecule has 0 aliphatic heterocycles. The van der Waals surface area contributed by atoms with Gasteiger partial charge in [-0.25, -0.2) is 12.8 Å². The van der Waals surface area contributed by atoms with Crippen LogP contribution in [0.15, 0.2) is 23.4 Å². The van der Waals surface area contributed by atoms with Crippen LogP contribution < -0.4 is 0 Å². The SMILES string of the molecule is COC(=O)CN(C1CCCC1)S(=O)(=O)c1cncc(F)c1. The summed E-state index contributed by atoms with van der Waals surface area (Å²) >= 11 is 0. The third-order valence-corrected chi connectivity index (χ3v) is 5.39. The average Bonchev–Trinajstić information content (AvgIpc) is 2.98. The summed E-state index contributed by atoms with van der Waals surface area (Å²) in [6.07, 6.45) is 5.17. The zero-order valence-corrected chi connectivity index (χ0v) is 12.5. The predicted octanol–water partition coefficient (Wildman–Crippen LogP) is 1.33. The molecule has 1 saturated carbocycles. The molecule has 2 rings (SSSR count). The highest BCUT2D eigenvalue weighted by Crippen LogP contribution is 2.28. The van der Waals surface area contributed by atoms with E-state index in [1.54, 1.807) is 0 Å². The van der Waals surface area contributed by atoms with Crippen LogP contribution in [0.4, 0.5) is 4.39 Å². The molecule has 0 bridgehead atoms. The molecule has 116 valence electrons. The number of methoxy groups -OCH3 is 1. The van der Waals surface area contributed by atoms with E-state index in [9.17, 15) is 17.6 Å². The van der Waals surface area contributed by atoms with Crippen LogP contribution in [-0.2, 0) is 19.6 Å². The van der Waals surface area contributed by atoms with Crippen LogP contribution in [0.2, 0.25) is 0 Å². The van der Waals surface area contributed by atoms with Gasteiger partial charge in [0.2, 0.25) is 10.0 Å². The number of carbonyl (C=O) groups excluding carboxylic acids is 1. The standard InChI is InChI=1S/C13H17FN2O4S/c1-20-13(17)9-16(11-4-2-3-5-11)21(18,19)12-6-10(14)7-15-8-12/h6-8,11H,2-5,9H2,1H3. The molecule has 0 N–H and O–H groups in total. The molecule has 1 aliphatic carbocycles. The lowest BCUT2D eigenvalue weighted by atomic mass is 10.2. The minimum atomic E-state index is -3.98. The van der Waals surface area contributed by atoms with E-state index in [0.717, 1.165) is 35.6 Å². The average molecular weight is 316 g/mol. The smallest absolute Gasteiger partial charge is 0.321 e. The minimum absolute atomic E-state index is 0.252. The molecular weight excluding hydrogens is 299 g/mol. The summed E-state index contributed by atoms with van der Waals surface area (Å²) in [5.41, 5.74) is 0. The number of ether oxygens (including phenoxy) is 1. The fourth-order valence-corrected chi connectivity index (χ4v) is 4.07. The van der Waals surface area contributed by atoms with E-state index in [0.29, 0.717) is 12.8 Å². The first kappa shape index (κ1) is 15.8. The van der Waals surface area contributed by atoms with Gasteiger partial charge in [0.1, 0.15) is 17.3 Å². The molecule has 0 saturated heterocycles. The van der Waals surface area contributed by atoms with Crippen molar-refractivity contribution in [3.8, 4) is 0 Å². The van der Waals surface area contributed by atoms with Crippen molar-refractivity contribution < 1.29 is 22.3 Å². The summed E-state index contributed by atoms with van der Waals surface area (Å²) in [4.78, 5) is 14.8. The van der Waals surface area contributed by atoms with Gasteiger partial charge in [0, 0.05) is 12.2 Å². The summed E-state index contributed by atoms with van der Waals surface area (Å²) in [5, 5.41) is 0. The number of sulfonamides is 1. The number of hydrogen-bond acceptors (Lipinski definition) is 5. The number of pyridine rings is 1. The highest BCUT2D eigenvalue weighted by atomic mass is 32.2. The maximum atomic E-state index is 13.2. The van der Waals surface area contributed by atoms with Crippen molar-refractivity contribution >= 4 is 16.0 Å². The zero-order valence-electron chi connectivity index (χ0n) is 11.7. The van der Waals surface area contributed by atoms with Crippen molar-refractivity contribution in [2.24, 2.45) is 0 Å². The van der Waals surface area contributed by atoms with Gasteiger partial charge in [-0.15, -0.1) is 0 Å². The Morgan fingerprint density at radius 1 is 1.43 bits per heavy atom. The van der Waals surface area contributed by atoms with E-state index in [4.69, 9.17) is 0 Å². The second-order valence-corrected chi connectivity index (χ2v) is 6.79. The quantitative estimate of drug-likeness (QED) is 0.766. The fourth-order valence-electron chi connectivity index (χ4n) is 2.46. The van der Waals surface area contributed by atoms with Gasteiger partial charge >= 0.3 is 5.97 Å². The van der Waals surface area contributed by atoms with E-state index < -0.39 is 21.8 Å². The number of carbonyl (C=O) groups is 1. The largest absolute Gasteiger partial charge is 0.468 e. The molecular formula is C13H17FN2O4S. The molecule has 6 nitrogen and oxygen atoms in total. The van der Waals surface area contributed by atoms with Crippen LogP contribution in [0.25, 0.3) is 0 Å². The number of halogens is 1. The number of rotatable bonds is 5. The number of esters is 1. The van der Waals surface area contributed by atoms with Crippen LogP contribution in [0.5, 0.6) is 0 Å². The monoisotopic (exact) mass is 316 g/mol. The van der Waals surface area contributed by atoms with E-state index >= 15 is 0 Å². The highest BCUT2D eigenvalue weighted by molar-refractivity contribution is 7.89. The van der Waals surface area contributed by atoms with E-state index in [1.807, 2.05) is 0 Å². The van der Waals surface area contributed by atoms with Crippen LogP contribution >= 0.6 is 0 Å². The Hall–Kier alpha value is -1.54. The van der Waals surface area contributed by atoms with Gasteiger partial charge < -0.3 is 4.74 Å². The summed E-state index contributed by atoms with van der Waals surface area (Å²) < 4.78 is 44.2. The Morgan fingerprint density at radius 3 is 2.67 bits per heavy atom. The maximum absolute atomic E-state index is 13.2. The summed E-state index contributed by atoms with van der Waals surface area (Å²) in [7, 11) is -2.78. The van der Waals surface area contributed by atoms with Gasteiger partial charge in [0.05, 0.1) is 13.3 Å². The third kappa shape index (κ3) is 3.56. The van der Waals surface area contributed by atoms with E-state index in [2.05, 4.69) is 9.72 Å². The molecule has 8 heteroatoms. The van der Waals surface area contributed by atoms with E-state index in [-0.39, 0.29) is 17.5 Å².